The summed E-state index contributed by atoms with van der Waals surface area (Å²) in [4.78, 5) is 38.4. The highest BCUT2D eigenvalue weighted by molar-refractivity contribution is 6.04. The van der Waals surface area contributed by atoms with Gasteiger partial charge in [-0.2, -0.15) is 0 Å². The van der Waals surface area contributed by atoms with E-state index in [-0.39, 0.29) is 11.3 Å². The molecule has 0 radical (unpaired) electrons. The van der Waals surface area contributed by atoms with Crippen LogP contribution in [0.2, 0.25) is 0 Å². The summed E-state index contributed by atoms with van der Waals surface area (Å²) in [6.45, 7) is 5.86. The number of pyridine rings is 1. The summed E-state index contributed by atoms with van der Waals surface area (Å²) in [5.74, 6) is 0.409. The largest absolute Gasteiger partial charge is 0.427 e. The van der Waals surface area contributed by atoms with Gasteiger partial charge in [0.25, 0.3) is 11.5 Å². The third-order valence-electron chi connectivity index (χ3n) is 3.46. The molecule has 2 N–H and O–H groups in total. The number of anilines is 1. The summed E-state index contributed by atoms with van der Waals surface area (Å²) < 4.78 is 5.23. The lowest BCUT2D eigenvalue weighted by atomic mass is 10.0. The molecule has 2 rings (SSSR count). The number of carbonyl (C=O) groups excluding carboxylic acids is 1. The van der Waals surface area contributed by atoms with Crippen molar-refractivity contribution < 1.29 is 9.21 Å². The Labute approximate surface area is 133 Å². The molecule has 0 unspecified atom stereocenters. The number of rotatable bonds is 5. The first-order valence-electron chi connectivity index (χ1n) is 7.51. The van der Waals surface area contributed by atoms with Crippen LogP contribution in [0.4, 0.5) is 5.69 Å². The Balaban J connectivity index is 2.26. The summed E-state index contributed by atoms with van der Waals surface area (Å²) in [6, 6.07) is 4.75. The zero-order valence-electron chi connectivity index (χ0n) is 13.4. The Kier molecular flexibility index (Phi) is 5.16. The molecule has 122 valence electrons. The number of aryl methyl sites for hydroxylation is 2. The Morgan fingerprint density at radius 2 is 2.09 bits per heavy atom. The second kappa shape index (κ2) is 7.09. The maximum Gasteiger partial charge on any atom is 0.349 e. The smallest absolute Gasteiger partial charge is 0.349 e. The van der Waals surface area contributed by atoms with Crippen LogP contribution in [0, 0.1) is 12.8 Å². The molecule has 0 saturated carbocycles. The molecule has 0 aliphatic carbocycles. The van der Waals surface area contributed by atoms with Crippen LogP contribution in [0.5, 0.6) is 0 Å². The molecule has 2 heterocycles. The van der Waals surface area contributed by atoms with E-state index in [1.54, 1.807) is 19.1 Å². The maximum atomic E-state index is 12.3. The number of amides is 1. The number of aromatic amines is 1. The molecular weight excluding hydrogens is 296 g/mol. The number of aromatic nitrogens is 1. The van der Waals surface area contributed by atoms with Crippen molar-refractivity contribution in [3.8, 4) is 0 Å². The summed E-state index contributed by atoms with van der Waals surface area (Å²) >= 11 is 0. The van der Waals surface area contributed by atoms with Crippen LogP contribution < -0.4 is 16.5 Å². The molecular formula is C17H20N2O4. The van der Waals surface area contributed by atoms with Gasteiger partial charge in [-0.25, -0.2) is 4.79 Å². The molecule has 0 aliphatic heterocycles. The van der Waals surface area contributed by atoms with Crippen LogP contribution in [-0.2, 0) is 6.42 Å². The molecule has 0 fully saturated rings. The molecule has 0 bridgehead atoms. The lowest BCUT2D eigenvalue weighted by Gasteiger charge is -2.08. The van der Waals surface area contributed by atoms with Crippen LogP contribution in [-0.4, -0.2) is 10.9 Å². The van der Waals surface area contributed by atoms with E-state index >= 15 is 0 Å². The second-order valence-electron chi connectivity index (χ2n) is 5.86. The predicted molar refractivity (Wildman–Crippen MR) is 87.9 cm³/mol. The standard InChI is InChI=1S/C17H20N2O4/c1-10(2)6-7-12-9-11(3)14(17(22)23-12)16(21)19-13-5-4-8-18-15(13)20/h4-5,8-10H,6-7H2,1-3H3,(H,18,20)(H,19,21). The molecule has 0 atom stereocenters. The van der Waals surface area contributed by atoms with Gasteiger partial charge in [0.2, 0.25) is 0 Å². The van der Waals surface area contributed by atoms with Gasteiger partial charge in [-0.05, 0) is 43.0 Å². The van der Waals surface area contributed by atoms with Gasteiger partial charge in [-0.15, -0.1) is 0 Å². The van der Waals surface area contributed by atoms with Crippen LogP contribution in [0.1, 0.15) is 41.9 Å². The number of nitrogens with one attached hydrogen (secondary N) is 2. The lowest BCUT2D eigenvalue weighted by molar-refractivity contribution is 0.102. The first kappa shape index (κ1) is 16.7. The van der Waals surface area contributed by atoms with E-state index in [1.165, 1.54) is 12.3 Å². The van der Waals surface area contributed by atoms with Crippen molar-refractivity contribution in [2.24, 2.45) is 5.92 Å². The topological polar surface area (TPSA) is 92.2 Å². The fourth-order valence-electron chi connectivity index (χ4n) is 2.20. The Morgan fingerprint density at radius 3 is 2.70 bits per heavy atom. The molecule has 1 amide bonds. The minimum atomic E-state index is -0.686. The average Bonchev–Trinajstić information content (AvgIpc) is 2.47. The molecule has 0 spiro atoms. The summed E-state index contributed by atoms with van der Waals surface area (Å²) in [5, 5.41) is 2.44. The van der Waals surface area contributed by atoms with E-state index < -0.39 is 17.1 Å². The quantitative estimate of drug-likeness (QED) is 0.886. The third-order valence-corrected chi connectivity index (χ3v) is 3.46. The summed E-state index contributed by atoms with van der Waals surface area (Å²) in [6.07, 6.45) is 3.00. The highest BCUT2D eigenvalue weighted by Gasteiger charge is 2.18. The second-order valence-corrected chi connectivity index (χ2v) is 5.86. The van der Waals surface area contributed by atoms with Crippen molar-refractivity contribution in [1.82, 2.24) is 4.98 Å². The van der Waals surface area contributed by atoms with Gasteiger partial charge in [0, 0.05) is 12.6 Å². The fourth-order valence-corrected chi connectivity index (χ4v) is 2.20. The number of carbonyl (C=O) groups is 1. The first-order valence-corrected chi connectivity index (χ1v) is 7.51. The highest BCUT2D eigenvalue weighted by Crippen LogP contribution is 2.12. The van der Waals surface area contributed by atoms with Gasteiger partial charge in [-0.3, -0.25) is 9.59 Å². The molecule has 6 heteroatoms. The Morgan fingerprint density at radius 1 is 1.35 bits per heavy atom. The van der Waals surface area contributed by atoms with Crippen LogP contribution >= 0.6 is 0 Å². The molecule has 6 nitrogen and oxygen atoms in total. The predicted octanol–water partition coefficient (Wildman–Crippen LogP) is 2.48. The van der Waals surface area contributed by atoms with E-state index in [0.29, 0.717) is 23.7 Å². The Bertz CT molecular complexity index is 818. The summed E-state index contributed by atoms with van der Waals surface area (Å²) in [7, 11) is 0. The van der Waals surface area contributed by atoms with E-state index in [4.69, 9.17) is 4.42 Å². The fraction of sp³-hybridized carbons (Fsp3) is 0.353. The van der Waals surface area contributed by atoms with Crippen molar-refractivity contribution in [2.45, 2.75) is 33.6 Å². The summed E-state index contributed by atoms with van der Waals surface area (Å²) in [5.41, 5.74) is -0.586. The van der Waals surface area contributed by atoms with E-state index in [1.807, 2.05) is 0 Å². The molecule has 2 aromatic rings. The normalized spacial score (nSPS) is 10.8. The minimum Gasteiger partial charge on any atom is -0.427 e. The van der Waals surface area contributed by atoms with E-state index in [2.05, 4.69) is 24.1 Å². The SMILES string of the molecule is Cc1cc(CCC(C)C)oc(=O)c1C(=O)Nc1ccc[nH]c1=O. The van der Waals surface area contributed by atoms with Gasteiger partial charge in [0.15, 0.2) is 0 Å². The van der Waals surface area contributed by atoms with E-state index in [0.717, 1.165) is 6.42 Å². The van der Waals surface area contributed by atoms with Crippen LogP contribution in [0.25, 0.3) is 0 Å². The van der Waals surface area contributed by atoms with Crippen molar-refractivity contribution in [3.05, 3.63) is 62.1 Å². The third kappa shape index (κ3) is 4.18. The van der Waals surface area contributed by atoms with Gasteiger partial charge >= 0.3 is 5.63 Å². The molecule has 23 heavy (non-hydrogen) atoms. The Hall–Kier alpha value is -2.63. The van der Waals surface area contributed by atoms with Gasteiger partial charge in [0.1, 0.15) is 17.0 Å². The highest BCUT2D eigenvalue weighted by atomic mass is 16.4. The van der Waals surface area contributed by atoms with Gasteiger partial charge < -0.3 is 14.7 Å². The van der Waals surface area contributed by atoms with Crippen molar-refractivity contribution >= 4 is 11.6 Å². The minimum absolute atomic E-state index is 0.0819. The molecule has 2 aromatic heterocycles. The number of hydrogen-bond acceptors (Lipinski definition) is 4. The average molecular weight is 316 g/mol. The maximum absolute atomic E-state index is 12.3. The monoisotopic (exact) mass is 316 g/mol. The van der Waals surface area contributed by atoms with Crippen molar-refractivity contribution in [1.29, 1.82) is 0 Å². The molecule has 0 saturated heterocycles. The number of hydrogen-bond donors (Lipinski definition) is 2. The molecule has 0 aliphatic rings. The van der Waals surface area contributed by atoms with Gasteiger partial charge in [0.05, 0.1) is 0 Å². The zero-order chi connectivity index (χ0) is 17.0. The van der Waals surface area contributed by atoms with Crippen LogP contribution in [0.15, 0.2) is 38.4 Å². The zero-order valence-corrected chi connectivity index (χ0v) is 13.4. The van der Waals surface area contributed by atoms with Crippen LogP contribution in [0.3, 0.4) is 0 Å². The van der Waals surface area contributed by atoms with Crippen molar-refractivity contribution in [3.63, 3.8) is 0 Å². The number of H-pyrrole nitrogens is 1. The lowest BCUT2D eigenvalue weighted by Crippen LogP contribution is -2.26. The van der Waals surface area contributed by atoms with E-state index in [9.17, 15) is 14.4 Å². The van der Waals surface area contributed by atoms with Gasteiger partial charge in [-0.1, -0.05) is 13.8 Å². The van der Waals surface area contributed by atoms with Crippen molar-refractivity contribution in [2.75, 3.05) is 5.32 Å². The molecule has 0 aromatic carbocycles. The first-order chi connectivity index (χ1) is 10.9.